The average Bonchev–Trinajstić information content (AvgIpc) is 2.87. The average molecular weight is 234 g/mol. The summed E-state index contributed by atoms with van der Waals surface area (Å²) in [4.78, 5) is 11.2. The number of esters is 1. The molecular formula is C11H10N2O4. The van der Waals surface area contributed by atoms with Crippen LogP contribution in [0.1, 0.15) is 28.0 Å². The lowest BCUT2D eigenvalue weighted by atomic mass is 10.1. The van der Waals surface area contributed by atoms with Gasteiger partial charge in [0.15, 0.2) is 0 Å². The third kappa shape index (κ3) is 2.31. The van der Waals surface area contributed by atoms with Crippen LogP contribution in [-0.2, 0) is 4.74 Å². The Balaban J connectivity index is 2.23. The third-order valence-corrected chi connectivity index (χ3v) is 2.21. The van der Waals surface area contributed by atoms with Crippen LogP contribution in [0.5, 0.6) is 0 Å². The number of aliphatic hydroxyl groups is 1. The Kier molecular flexibility index (Phi) is 3.15. The molecule has 17 heavy (non-hydrogen) atoms. The molecule has 0 radical (unpaired) electrons. The van der Waals surface area contributed by atoms with E-state index in [0.29, 0.717) is 5.56 Å². The molecule has 2 rings (SSSR count). The van der Waals surface area contributed by atoms with Crippen LogP contribution in [0, 0.1) is 0 Å². The van der Waals surface area contributed by atoms with E-state index in [9.17, 15) is 9.90 Å². The molecule has 0 fully saturated rings. The van der Waals surface area contributed by atoms with Gasteiger partial charge >= 0.3 is 5.97 Å². The normalized spacial score (nSPS) is 12.1. The molecule has 0 bridgehead atoms. The van der Waals surface area contributed by atoms with Crippen LogP contribution < -0.4 is 0 Å². The van der Waals surface area contributed by atoms with Crippen molar-refractivity contribution in [3.05, 3.63) is 47.7 Å². The van der Waals surface area contributed by atoms with Crippen molar-refractivity contribution >= 4 is 5.97 Å². The number of carbonyl (C=O) groups excluding carboxylic acids is 1. The van der Waals surface area contributed by atoms with E-state index >= 15 is 0 Å². The molecule has 1 N–H and O–H groups in total. The first-order valence-corrected chi connectivity index (χ1v) is 4.85. The lowest BCUT2D eigenvalue weighted by Crippen LogP contribution is -2.01. The van der Waals surface area contributed by atoms with Crippen molar-refractivity contribution in [3.8, 4) is 0 Å². The molecule has 0 spiro atoms. The van der Waals surface area contributed by atoms with E-state index in [4.69, 9.17) is 4.42 Å². The van der Waals surface area contributed by atoms with Gasteiger partial charge in [0.05, 0.1) is 13.3 Å². The maximum absolute atomic E-state index is 11.2. The Hall–Kier alpha value is -2.21. The Morgan fingerprint density at radius 3 is 2.88 bits per heavy atom. The molecule has 6 heteroatoms. The molecule has 6 nitrogen and oxygen atoms in total. The number of hydrogen-bond donors (Lipinski definition) is 1. The van der Waals surface area contributed by atoms with Gasteiger partial charge in [-0.3, -0.25) is 0 Å². The van der Waals surface area contributed by atoms with Crippen molar-refractivity contribution in [1.82, 2.24) is 10.2 Å². The molecular weight excluding hydrogens is 224 g/mol. The van der Waals surface area contributed by atoms with E-state index < -0.39 is 12.1 Å². The van der Waals surface area contributed by atoms with Crippen LogP contribution in [0.3, 0.4) is 0 Å². The van der Waals surface area contributed by atoms with Gasteiger partial charge in [0.25, 0.3) is 0 Å². The quantitative estimate of drug-likeness (QED) is 0.795. The Labute approximate surface area is 96.9 Å². The second kappa shape index (κ2) is 4.75. The van der Waals surface area contributed by atoms with Gasteiger partial charge in [-0.25, -0.2) is 4.79 Å². The topological polar surface area (TPSA) is 85.5 Å². The summed E-state index contributed by atoms with van der Waals surface area (Å²) in [7, 11) is 1.26. The Morgan fingerprint density at radius 1 is 1.41 bits per heavy atom. The molecule has 0 aliphatic heterocycles. The molecule has 1 atom stereocenters. The van der Waals surface area contributed by atoms with Gasteiger partial charge in [-0.1, -0.05) is 0 Å². The predicted molar refractivity (Wildman–Crippen MR) is 56.1 cm³/mol. The third-order valence-electron chi connectivity index (χ3n) is 2.21. The molecule has 0 saturated heterocycles. The van der Waals surface area contributed by atoms with Crippen molar-refractivity contribution < 1.29 is 19.1 Å². The fraction of sp³-hybridized carbons (Fsp3) is 0.182. The van der Waals surface area contributed by atoms with Crippen molar-refractivity contribution in [2.75, 3.05) is 7.11 Å². The highest BCUT2D eigenvalue weighted by Crippen LogP contribution is 2.23. The summed E-state index contributed by atoms with van der Waals surface area (Å²) in [6.07, 6.45) is 1.90. The zero-order valence-corrected chi connectivity index (χ0v) is 9.03. The predicted octanol–water partition coefficient (Wildman–Crippen LogP) is 0.938. The molecule has 88 valence electrons. The zero-order valence-electron chi connectivity index (χ0n) is 9.03. The van der Waals surface area contributed by atoms with Crippen LogP contribution >= 0.6 is 0 Å². The summed E-state index contributed by atoms with van der Waals surface area (Å²) in [6, 6.07) is 4.56. The molecule has 1 unspecified atom stereocenters. The minimum Gasteiger partial charge on any atom is -0.463 e. The first-order valence-electron chi connectivity index (χ1n) is 4.85. The van der Waals surface area contributed by atoms with E-state index in [-0.39, 0.29) is 11.5 Å². The lowest BCUT2D eigenvalue weighted by Gasteiger charge is -2.06. The molecule has 2 aromatic rings. The fourth-order valence-corrected chi connectivity index (χ4v) is 1.34. The van der Waals surface area contributed by atoms with Crippen LogP contribution in [0.15, 0.2) is 35.0 Å². The van der Waals surface area contributed by atoms with Gasteiger partial charge in [0, 0.05) is 11.8 Å². The first-order chi connectivity index (χ1) is 8.22. The summed E-state index contributed by atoms with van der Waals surface area (Å²) in [5.41, 5.74) is 0.533. The highest BCUT2D eigenvalue weighted by Gasteiger charge is 2.18. The van der Waals surface area contributed by atoms with E-state index in [0.717, 1.165) is 0 Å². The molecule has 0 amide bonds. The number of aromatic nitrogens is 2. The van der Waals surface area contributed by atoms with Crippen LogP contribution in [0.25, 0.3) is 0 Å². The molecule has 0 aliphatic carbocycles. The zero-order chi connectivity index (χ0) is 12.3. The smallest absolute Gasteiger partial charge is 0.373 e. The molecule has 0 saturated carbocycles. The maximum Gasteiger partial charge on any atom is 0.373 e. The van der Waals surface area contributed by atoms with E-state index in [1.807, 2.05) is 0 Å². The largest absolute Gasteiger partial charge is 0.463 e. The molecule has 0 aromatic carbocycles. The highest BCUT2D eigenvalue weighted by atomic mass is 16.5. The minimum absolute atomic E-state index is 0.0450. The SMILES string of the molecule is COC(=O)c1ccc(C(O)c2ccnnc2)o1. The van der Waals surface area contributed by atoms with Crippen LogP contribution in [0.2, 0.25) is 0 Å². The number of rotatable bonds is 3. The van der Waals surface area contributed by atoms with Gasteiger partial charge in [-0.05, 0) is 18.2 Å². The fourth-order valence-electron chi connectivity index (χ4n) is 1.34. The summed E-state index contributed by atoms with van der Waals surface area (Å²) in [5, 5.41) is 17.2. The van der Waals surface area contributed by atoms with Crippen LogP contribution in [0.4, 0.5) is 0 Å². The van der Waals surface area contributed by atoms with E-state index in [1.165, 1.54) is 31.6 Å². The van der Waals surface area contributed by atoms with Gasteiger partial charge in [-0.2, -0.15) is 10.2 Å². The van der Waals surface area contributed by atoms with Crippen molar-refractivity contribution in [2.45, 2.75) is 6.10 Å². The number of carbonyl (C=O) groups is 1. The summed E-state index contributed by atoms with van der Waals surface area (Å²) in [6.45, 7) is 0. The molecule has 2 heterocycles. The second-order valence-electron chi connectivity index (χ2n) is 3.27. The number of nitrogens with zero attached hydrogens (tertiary/aromatic N) is 2. The highest BCUT2D eigenvalue weighted by molar-refractivity contribution is 5.86. The van der Waals surface area contributed by atoms with Crippen LogP contribution in [-0.4, -0.2) is 28.4 Å². The monoisotopic (exact) mass is 234 g/mol. The minimum atomic E-state index is -0.982. The second-order valence-corrected chi connectivity index (χ2v) is 3.27. The number of furan rings is 1. The van der Waals surface area contributed by atoms with Crippen molar-refractivity contribution in [3.63, 3.8) is 0 Å². The molecule has 0 aliphatic rings. The van der Waals surface area contributed by atoms with Crippen molar-refractivity contribution in [2.24, 2.45) is 0 Å². The number of aliphatic hydroxyl groups excluding tert-OH is 1. The van der Waals surface area contributed by atoms with E-state index in [2.05, 4.69) is 14.9 Å². The summed E-state index contributed by atoms with van der Waals surface area (Å²) >= 11 is 0. The van der Waals surface area contributed by atoms with Gasteiger partial charge in [0.2, 0.25) is 5.76 Å². The van der Waals surface area contributed by atoms with Gasteiger partial charge in [0.1, 0.15) is 11.9 Å². The lowest BCUT2D eigenvalue weighted by molar-refractivity contribution is 0.0558. The number of hydrogen-bond acceptors (Lipinski definition) is 6. The standard InChI is InChI=1S/C11H10N2O4/c1-16-11(15)9-3-2-8(17-9)10(14)7-4-5-12-13-6-7/h2-6,10,14H,1H3. The summed E-state index contributed by atoms with van der Waals surface area (Å²) < 4.78 is 9.68. The maximum atomic E-state index is 11.2. The first kappa shape index (κ1) is 11.3. The Bertz CT molecular complexity index is 509. The van der Waals surface area contributed by atoms with E-state index in [1.54, 1.807) is 6.07 Å². The summed E-state index contributed by atoms with van der Waals surface area (Å²) in [5.74, 6) is -0.293. The molecule has 2 aromatic heterocycles. The number of methoxy groups -OCH3 is 1. The van der Waals surface area contributed by atoms with Gasteiger partial charge < -0.3 is 14.3 Å². The Morgan fingerprint density at radius 2 is 2.24 bits per heavy atom. The van der Waals surface area contributed by atoms with Gasteiger partial charge in [-0.15, -0.1) is 0 Å². The number of ether oxygens (including phenoxy) is 1. The van der Waals surface area contributed by atoms with Crippen molar-refractivity contribution in [1.29, 1.82) is 0 Å².